The lowest BCUT2D eigenvalue weighted by molar-refractivity contribution is -0.140. The third kappa shape index (κ3) is 1.80. The van der Waals surface area contributed by atoms with E-state index in [1.807, 2.05) is 5.21 Å². The highest BCUT2D eigenvalue weighted by atomic mass is 19.4. The number of pyridine rings is 1. The van der Waals surface area contributed by atoms with Gasteiger partial charge < -0.3 is 0 Å². The van der Waals surface area contributed by atoms with Crippen LogP contribution in [0.5, 0.6) is 0 Å². The van der Waals surface area contributed by atoms with Crippen molar-refractivity contribution in [2.24, 2.45) is 0 Å². The number of H-pyrrole nitrogens is 1. The molecular weight excluding hydrogens is 209 g/mol. The minimum atomic E-state index is -4.51. The van der Waals surface area contributed by atoms with E-state index in [1.54, 1.807) is 0 Å². The van der Waals surface area contributed by atoms with E-state index in [0.717, 1.165) is 0 Å². The van der Waals surface area contributed by atoms with E-state index in [1.165, 1.54) is 24.5 Å². The Morgan fingerprint density at radius 3 is 2.33 bits per heavy atom. The van der Waals surface area contributed by atoms with E-state index in [-0.39, 0.29) is 5.69 Å². The molecular formula is C8H5F3N4. The van der Waals surface area contributed by atoms with Gasteiger partial charge in [-0.1, -0.05) is 0 Å². The van der Waals surface area contributed by atoms with Crippen molar-refractivity contribution in [3.8, 4) is 11.3 Å². The Bertz CT molecular complexity index is 448. The summed E-state index contributed by atoms with van der Waals surface area (Å²) in [5.74, 6) is 0. The molecule has 78 valence electrons. The van der Waals surface area contributed by atoms with Gasteiger partial charge in [-0.25, -0.2) is 0 Å². The van der Waals surface area contributed by atoms with Crippen LogP contribution in [-0.2, 0) is 6.18 Å². The minimum absolute atomic E-state index is 0.218. The maximum absolute atomic E-state index is 12.4. The fourth-order valence-corrected chi connectivity index (χ4v) is 1.14. The number of alkyl halides is 3. The molecule has 0 radical (unpaired) electrons. The predicted octanol–water partition coefficient (Wildman–Crippen LogP) is 1.89. The van der Waals surface area contributed by atoms with Crippen molar-refractivity contribution in [3.63, 3.8) is 0 Å². The molecule has 4 nitrogen and oxygen atoms in total. The van der Waals surface area contributed by atoms with Crippen LogP contribution in [0.25, 0.3) is 11.3 Å². The molecule has 0 aliphatic rings. The summed E-state index contributed by atoms with van der Waals surface area (Å²) in [6.45, 7) is 0. The fraction of sp³-hybridized carbons (Fsp3) is 0.125. The van der Waals surface area contributed by atoms with E-state index in [2.05, 4.69) is 15.2 Å². The minimum Gasteiger partial charge on any atom is -0.265 e. The molecule has 0 aliphatic heterocycles. The molecule has 2 rings (SSSR count). The molecule has 2 heterocycles. The summed E-state index contributed by atoms with van der Waals surface area (Å²) >= 11 is 0. The molecule has 0 amide bonds. The molecule has 0 saturated carbocycles. The van der Waals surface area contributed by atoms with Crippen LogP contribution in [0.3, 0.4) is 0 Å². The summed E-state index contributed by atoms with van der Waals surface area (Å²) in [6, 6.07) is 2.88. The van der Waals surface area contributed by atoms with Crippen LogP contribution < -0.4 is 0 Å². The van der Waals surface area contributed by atoms with E-state index >= 15 is 0 Å². The van der Waals surface area contributed by atoms with Crippen molar-refractivity contribution >= 4 is 0 Å². The smallest absolute Gasteiger partial charge is 0.265 e. The topological polar surface area (TPSA) is 54.5 Å². The van der Waals surface area contributed by atoms with Crippen LogP contribution >= 0.6 is 0 Å². The first-order chi connectivity index (χ1) is 7.09. The van der Waals surface area contributed by atoms with Gasteiger partial charge in [0.25, 0.3) is 0 Å². The standard InChI is InChI=1S/C8H5F3N4/c9-8(10,11)7-6(13-15-14-7)5-1-3-12-4-2-5/h1-4H,(H,13,14,15). The molecule has 0 aliphatic carbocycles. The van der Waals surface area contributed by atoms with E-state index < -0.39 is 11.9 Å². The lowest BCUT2D eigenvalue weighted by atomic mass is 10.1. The van der Waals surface area contributed by atoms with Gasteiger partial charge >= 0.3 is 6.18 Å². The molecule has 2 aromatic heterocycles. The second-order valence-corrected chi connectivity index (χ2v) is 2.75. The second-order valence-electron chi connectivity index (χ2n) is 2.75. The molecule has 1 N–H and O–H groups in total. The Labute approximate surface area is 82.2 Å². The van der Waals surface area contributed by atoms with Crippen LogP contribution in [-0.4, -0.2) is 20.4 Å². The SMILES string of the molecule is FC(F)(F)c1n[nH]nc1-c1ccncc1. The van der Waals surface area contributed by atoms with Crippen molar-refractivity contribution < 1.29 is 13.2 Å². The van der Waals surface area contributed by atoms with Gasteiger partial charge in [-0.15, -0.1) is 0 Å². The van der Waals surface area contributed by atoms with Crippen LogP contribution in [0.2, 0.25) is 0 Å². The predicted molar refractivity (Wildman–Crippen MR) is 44.6 cm³/mol. The summed E-state index contributed by atoms with van der Waals surface area (Å²) < 4.78 is 37.3. The Kier molecular flexibility index (Phi) is 2.14. The number of hydrogen-bond acceptors (Lipinski definition) is 3. The van der Waals surface area contributed by atoms with Crippen molar-refractivity contribution in [2.75, 3.05) is 0 Å². The largest absolute Gasteiger partial charge is 0.437 e. The van der Waals surface area contributed by atoms with Crippen LogP contribution in [0, 0.1) is 0 Å². The first kappa shape index (κ1) is 9.63. The second kappa shape index (κ2) is 3.34. The molecule has 15 heavy (non-hydrogen) atoms. The van der Waals surface area contributed by atoms with Gasteiger partial charge in [0.2, 0.25) is 0 Å². The van der Waals surface area contributed by atoms with Crippen LogP contribution in [0.15, 0.2) is 24.5 Å². The highest BCUT2D eigenvalue weighted by Gasteiger charge is 2.37. The lowest BCUT2D eigenvalue weighted by Crippen LogP contribution is -2.07. The van der Waals surface area contributed by atoms with Crippen molar-refractivity contribution in [1.29, 1.82) is 0 Å². The molecule has 0 aromatic carbocycles. The van der Waals surface area contributed by atoms with Gasteiger partial charge in [-0.2, -0.15) is 28.6 Å². The molecule has 0 spiro atoms. The van der Waals surface area contributed by atoms with Crippen molar-refractivity contribution in [1.82, 2.24) is 20.4 Å². The molecule has 0 unspecified atom stereocenters. The molecule has 0 bridgehead atoms. The molecule has 0 fully saturated rings. The van der Waals surface area contributed by atoms with Crippen molar-refractivity contribution in [3.05, 3.63) is 30.2 Å². The quantitative estimate of drug-likeness (QED) is 0.788. The van der Waals surface area contributed by atoms with Gasteiger partial charge in [0.1, 0.15) is 5.69 Å². The average molecular weight is 214 g/mol. The zero-order chi connectivity index (χ0) is 10.9. The van der Waals surface area contributed by atoms with Crippen LogP contribution in [0.1, 0.15) is 5.69 Å². The average Bonchev–Trinajstić information content (AvgIpc) is 2.67. The fourth-order valence-electron chi connectivity index (χ4n) is 1.14. The zero-order valence-electron chi connectivity index (χ0n) is 7.28. The molecule has 0 atom stereocenters. The van der Waals surface area contributed by atoms with Gasteiger partial charge in [0, 0.05) is 18.0 Å². The Morgan fingerprint density at radius 1 is 1.07 bits per heavy atom. The van der Waals surface area contributed by atoms with Crippen LogP contribution in [0.4, 0.5) is 13.2 Å². The van der Waals surface area contributed by atoms with Crippen molar-refractivity contribution in [2.45, 2.75) is 6.18 Å². The summed E-state index contributed by atoms with van der Waals surface area (Å²) in [5.41, 5.74) is -0.912. The maximum Gasteiger partial charge on any atom is 0.437 e. The number of nitrogens with zero attached hydrogens (tertiary/aromatic N) is 3. The lowest BCUT2D eigenvalue weighted by Gasteiger charge is -2.03. The zero-order valence-corrected chi connectivity index (χ0v) is 7.28. The van der Waals surface area contributed by atoms with E-state index in [9.17, 15) is 13.2 Å². The van der Waals surface area contributed by atoms with Gasteiger partial charge in [0.05, 0.1) is 0 Å². The first-order valence-electron chi connectivity index (χ1n) is 3.97. The normalized spacial score (nSPS) is 11.7. The number of aromatic amines is 1. The molecule has 0 saturated heterocycles. The molecule has 2 aromatic rings. The van der Waals surface area contributed by atoms with E-state index in [4.69, 9.17) is 0 Å². The highest BCUT2D eigenvalue weighted by molar-refractivity contribution is 5.60. The first-order valence-corrected chi connectivity index (χ1v) is 3.97. The third-order valence-corrected chi connectivity index (χ3v) is 1.77. The summed E-state index contributed by atoms with van der Waals surface area (Å²) in [5, 5.41) is 8.51. The Morgan fingerprint density at radius 2 is 1.73 bits per heavy atom. The monoisotopic (exact) mass is 214 g/mol. The summed E-state index contributed by atoms with van der Waals surface area (Å²) in [4.78, 5) is 3.71. The van der Waals surface area contributed by atoms with Gasteiger partial charge in [-0.3, -0.25) is 4.98 Å². The maximum atomic E-state index is 12.4. The number of nitrogens with one attached hydrogen (secondary N) is 1. The summed E-state index contributed by atoms with van der Waals surface area (Å²) in [6.07, 6.45) is -1.72. The van der Waals surface area contributed by atoms with Gasteiger partial charge in [-0.05, 0) is 12.1 Å². The molecule has 7 heteroatoms. The number of aromatic nitrogens is 4. The third-order valence-electron chi connectivity index (χ3n) is 1.77. The van der Waals surface area contributed by atoms with E-state index in [0.29, 0.717) is 5.56 Å². The number of hydrogen-bond donors (Lipinski definition) is 1. The van der Waals surface area contributed by atoms with Gasteiger partial charge in [0.15, 0.2) is 5.69 Å². The summed E-state index contributed by atoms with van der Waals surface area (Å²) in [7, 11) is 0. The Balaban J connectivity index is 2.51. The highest BCUT2D eigenvalue weighted by Crippen LogP contribution is 2.33. The number of rotatable bonds is 1. The number of halogens is 3. The Hall–Kier alpha value is -1.92.